The third kappa shape index (κ3) is 1.81. The van der Waals surface area contributed by atoms with Gasteiger partial charge in [-0.25, -0.2) is 0 Å². The number of aryl methyl sites for hydroxylation is 1. The predicted molar refractivity (Wildman–Crippen MR) is 89.2 cm³/mol. The Hall–Kier alpha value is -2.46. The number of hydrogen-bond acceptors (Lipinski definition) is 3. The van der Waals surface area contributed by atoms with E-state index < -0.39 is 0 Å². The minimum atomic E-state index is 0.523. The highest BCUT2D eigenvalue weighted by Crippen LogP contribution is 2.41. The third-order valence-electron chi connectivity index (χ3n) is 4.10. The van der Waals surface area contributed by atoms with Gasteiger partial charge in [-0.05, 0) is 28.8 Å². The third-order valence-corrected chi connectivity index (χ3v) is 4.10. The van der Waals surface area contributed by atoms with Gasteiger partial charge in [-0.1, -0.05) is 49.4 Å². The lowest BCUT2D eigenvalue weighted by Gasteiger charge is -2.05. The lowest BCUT2D eigenvalue weighted by Crippen LogP contribution is -1.99. The molecule has 0 saturated heterocycles. The van der Waals surface area contributed by atoms with Gasteiger partial charge in [0.05, 0.1) is 0 Å². The summed E-state index contributed by atoms with van der Waals surface area (Å²) in [7, 11) is 0.692. The van der Waals surface area contributed by atoms with Crippen molar-refractivity contribution in [2.75, 3.05) is 0 Å². The Morgan fingerprint density at radius 1 is 1.05 bits per heavy atom. The molecule has 0 aliphatic rings. The molecule has 1 heterocycles. The first-order chi connectivity index (χ1) is 10.8. The fraction of sp³-hybridized carbons (Fsp3) is 0.111. The molecule has 0 spiro atoms. The summed E-state index contributed by atoms with van der Waals surface area (Å²) in [6, 6.07) is 16.2. The maximum absolute atomic E-state index is 9.04. The Bertz CT molecular complexity index is 988. The molecule has 1 N–H and O–H groups in total. The second-order valence-corrected chi connectivity index (χ2v) is 5.27. The van der Waals surface area contributed by atoms with Crippen molar-refractivity contribution in [3.8, 4) is 5.75 Å². The van der Waals surface area contributed by atoms with E-state index in [4.69, 9.17) is 14.1 Å². The fourth-order valence-corrected chi connectivity index (χ4v) is 3.10. The van der Waals surface area contributed by atoms with Gasteiger partial charge in [0.2, 0.25) is 0 Å². The molecule has 0 bridgehead atoms. The van der Waals surface area contributed by atoms with E-state index >= 15 is 0 Å². The zero-order valence-electron chi connectivity index (χ0n) is 12.2. The Morgan fingerprint density at radius 3 is 2.68 bits per heavy atom. The van der Waals surface area contributed by atoms with Crippen molar-refractivity contribution in [1.82, 2.24) is 0 Å². The maximum atomic E-state index is 9.04. The average molecular weight is 289 g/mol. The van der Waals surface area contributed by atoms with Gasteiger partial charge in [0.15, 0.2) is 5.58 Å². The Labute approximate surface area is 128 Å². The molecule has 0 aliphatic carbocycles. The predicted octanol–water partition coefficient (Wildman–Crippen LogP) is 4.21. The molecule has 0 unspecified atom stereocenters. The van der Waals surface area contributed by atoms with Crippen molar-refractivity contribution in [3.63, 3.8) is 0 Å². The number of furan rings is 1. The van der Waals surface area contributed by atoms with Gasteiger partial charge in [-0.2, -0.15) is 0 Å². The topological polar surface area (TPSA) is 42.6 Å². The van der Waals surface area contributed by atoms with Crippen LogP contribution < -0.4 is 4.65 Å². The molecule has 0 saturated carbocycles. The SMILES string of the molecule is CCc1cccc2c1oc1c(O[B]O)cc3ccccc3c12. The molecule has 4 rings (SSSR count). The van der Waals surface area contributed by atoms with Crippen molar-refractivity contribution in [1.29, 1.82) is 0 Å². The first kappa shape index (κ1) is 13.2. The number of benzene rings is 3. The molecular formula is C18H14BO3. The summed E-state index contributed by atoms with van der Waals surface area (Å²) in [5, 5.41) is 13.3. The average Bonchev–Trinajstić information content (AvgIpc) is 2.95. The zero-order valence-corrected chi connectivity index (χ0v) is 12.2. The molecule has 107 valence electrons. The van der Waals surface area contributed by atoms with Crippen LogP contribution in [0.4, 0.5) is 0 Å². The van der Waals surface area contributed by atoms with Gasteiger partial charge < -0.3 is 14.1 Å². The van der Waals surface area contributed by atoms with Gasteiger partial charge in [0, 0.05) is 10.8 Å². The summed E-state index contributed by atoms with van der Waals surface area (Å²) in [6.07, 6.45) is 0.900. The fourth-order valence-electron chi connectivity index (χ4n) is 3.10. The monoisotopic (exact) mass is 289 g/mol. The van der Waals surface area contributed by atoms with Crippen LogP contribution in [0, 0.1) is 0 Å². The summed E-state index contributed by atoms with van der Waals surface area (Å²) in [5.41, 5.74) is 2.72. The maximum Gasteiger partial charge on any atom is 0.569 e. The first-order valence-corrected chi connectivity index (χ1v) is 7.32. The second-order valence-electron chi connectivity index (χ2n) is 5.27. The summed E-state index contributed by atoms with van der Waals surface area (Å²) in [4.78, 5) is 0. The normalized spacial score (nSPS) is 11.4. The van der Waals surface area contributed by atoms with Gasteiger partial charge in [0.25, 0.3) is 0 Å². The van der Waals surface area contributed by atoms with Crippen LogP contribution in [0.15, 0.2) is 52.9 Å². The number of para-hydroxylation sites is 1. The molecule has 0 aliphatic heterocycles. The number of hydrogen-bond donors (Lipinski definition) is 1. The van der Waals surface area contributed by atoms with Gasteiger partial charge in [-0.3, -0.25) is 0 Å². The first-order valence-electron chi connectivity index (χ1n) is 7.32. The van der Waals surface area contributed by atoms with Crippen LogP contribution in [0.25, 0.3) is 32.7 Å². The van der Waals surface area contributed by atoms with Crippen molar-refractivity contribution < 1.29 is 14.1 Å². The van der Waals surface area contributed by atoms with Crippen LogP contribution >= 0.6 is 0 Å². The number of rotatable bonds is 3. The highest BCUT2D eigenvalue weighted by atomic mass is 16.5. The molecule has 1 aromatic heterocycles. The second kappa shape index (κ2) is 5.07. The van der Waals surface area contributed by atoms with Crippen LogP contribution in [0.2, 0.25) is 0 Å². The summed E-state index contributed by atoms with van der Waals surface area (Å²) < 4.78 is 11.4. The summed E-state index contributed by atoms with van der Waals surface area (Å²) in [5.74, 6) is 0.523. The van der Waals surface area contributed by atoms with Crippen LogP contribution in [-0.4, -0.2) is 12.7 Å². The summed E-state index contributed by atoms with van der Waals surface area (Å²) in [6.45, 7) is 2.11. The molecule has 3 nitrogen and oxygen atoms in total. The van der Waals surface area contributed by atoms with E-state index in [0.29, 0.717) is 19.0 Å². The van der Waals surface area contributed by atoms with Crippen LogP contribution in [0.5, 0.6) is 5.75 Å². The molecule has 1 radical (unpaired) electrons. The number of fused-ring (bicyclic) bond motifs is 5. The molecule has 0 amide bonds. The molecule has 0 atom stereocenters. The van der Waals surface area contributed by atoms with Gasteiger partial charge >= 0.3 is 7.69 Å². The van der Waals surface area contributed by atoms with E-state index in [-0.39, 0.29) is 0 Å². The van der Waals surface area contributed by atoms with E-state index in [2.05, 4.69) is 31.2 Å². The largest absolute Gasteiger partial charge is 0.569 e. The van der Waals surface area contributed by atoms with Crippen LogP contribution in [-0.2, 0) is 6.42 Å². The Morgan fingerprint density at radius 2 is 1.86 bits per heavy atom. The summed E-state index contributed by atoms with van der Waals surface area (Å²) >= 11 is 0. The standard InChI is InChI=1S/C18H14BO3/c1-2-11-7-5-9-14-16-13-8-4-3-6-12(13)10-15(22-19-20)18(16)21-17(11)14/h3-10,20H,2H2,1H3. The van der Waals surface area contributed by atoms with Crippen molar-refractivity contribution >= 4 is 40.4 Å². The van der Waals surface area contributed by atoms with Crippen molar-refractivity contribution in [3.05, 3.63) is 54.1 Å². The van der Waals surface area contributed by atoms with Crippen molar-refractivity contribution in [2.45, 2.75) is 13.3 Å². The van der Waals surface area contributed by atoms with E-state index in [9.17, 15) is 0 Å². The van der Waals surface area contributed by atoms with Gasteiger partial charge in [-0.15, -0.1) is 0 Å². The highest BCUT2D eigenvalue weighted by molar-refractivity contribution is 6.23. The van der Waals surface area contributed by atoms with E-state index in [0.717, 1.165) is 39.1 Å². The van der Waals surface area contributed by atoms with Crippen LogP contribution in [0.1, 0.15) is 12.5 Å². The molecule has 22 heavy (non-hydrogen) atoms. The van der Waals surface area contributed by atoms with E-state index in [1.807, 2.05) is 24.3 Å². The quantitative estimate of drug-likeness (QED) is 0.574. The lowest BCUT2D eigenvalue weighted by atomic mass is 10.0. The molecule has 4 aromatic rings. The van der Waals surface area contributed by atoms with Crippen molar-refractivity contribution in [2.24, 2.45) is 0 Å². The van der Waals surface area contributed by atoms with E-state index in [1.54, 1.807) is 0 Å². The Balaban J connectivity index is 2.25. The minimum absolute atomic E-state index is 0.523. The molecule has 4 heteroatoms. The minimum Gasteiger partial charge on any atom is -0.535 e. The molecular weight excluding hydrogens is 275 g/mol. The highest BCUT2D eigenvalue weighted by Gasteiger charge is 2.17. The molecule has 3 aromatic carbocycles. The van der Waals surface area contributed by atoms with Crippen LogP contribution in [0.3, 0.4) is 0 Å². The van der Waals surface area contributed by atoms with Gasteiger partial charge in [0.1, 0.15) is 11.3 Å². The lowest BCUT2D eigenvalue weighted by molar-refractivity contribution is 0.451. The zero-order chi connectivity index (χ0) is 15.1. The van der Waals surface area contributed by atoms with E-state index in [1.165, 1.54) is 0 Å². The smallest absolute Gasteiger partial charge is 0.535 e. The Kier molecular flexibility index (Phi) is 3.05. The molecule has 0 fully saturated rings.